The van der Waals surface area contributed by atoms with Gasteiger partial charge in [-0.25, -0.2) is 4.98 Å². The summed E-state index contributed by atoms with van der Waals surface area (Å²) in [7, 11) is 0. The zero-order chi connectivity index (χ0) is 18.9. The molecule has 2 aromatic heterocycles. The van der Waals surface area contributed by atoms with Crippen LogP contribution in [0.4, 0.5) is 0 Å². The Kier molecular flexibility index (Phi) is 4.66. The Labute approximate surface area is 168 Å². The van der Waals surface area contributed by atoms with E-state index in [2.05, 4.69) is 46.3 Å². The Hall–Kier alpha value is -2.57. The summed E-state index contributed by atoms with van der Waals surface area (Å²) >= 11 is 1.83. The third kappa shape index (κ3) is 3.34. The summed E-state index contributed by atoms with van der Waals surface area (Å²) in [5.41, 5.74) is 2.07. The van der Waals surface area contributed by atoms with Gasteiger partial charge in [0.1, 0.15) is 0 Å². The summed E-state index contributed by atoms with van der Waals surface area (Å²) in [5.74, 6) is 1.73. The molecule has 28 heavy (non-hydrogen) atoms. The Morgan fingerprint density at radius 3 is 2.75 bits per heavy atom. The quantitative estimate of drug-likeness (QED) is 0.474. The number of fused-ring (bicyclic) bond motifs is 1. The number of para-hydroxylation sites is 1. The van der Waals surface area contributed by atoms with E-state index in [4.69, 9.17) is 9.40 Å². The molecule has 2 unspecified atom stereocenters. The van der Waals surface area contributed by atoms with Gasteiger partial charge in [0.25, 0.3) is 0 Å². The predicted molar refractivity (Wildman–Crippen MR) is 111 cm³/mol. The minimum Gasteiger partial charge on any atom is -0.419 e. The summed E-state index contributed by atoms with van der Waals surface area (Å²) in [4.78, 5) is 7.33. The van der Waals surface area contributed by atoms with E-state index in [1.165, 1.54) is 16.1 Å². The Bertz CT molecular complexity index is 1040. The molecule has 3 heterocycles. The fourth-order valence-corrected chi connectivity index (χ4v) is 4.97. The Morgan fingerprint density at radius 1 is 1.07 bits per heavy atom. The highest BCUT2D eigenvalue weighted by Crippen LogP contribution is 2.35. The van der Waals surface area contributed by atoms with Crippen LogP contribution >= 0.6 is 11.3 Å². The molecular weight excluding hydrogens is 368 g/mol. The van der Waals surface area contributed by atoms with Crippen LogP contribution in [-0.2, 0) is 0 Å². The molecule has 1 aliphatic rings. The average Bonchev–Trinajstić information content (AvgIpc) is 3.41. The van der Waals surface area contributed by atoms with Gasteiger partial charge in [-0.1, -0.05) is 30.3 Å². The van der Waals surface area contributed by atoms with Gasteiger partial charge in [0, 0.05) is 18.0 Å². The molecule has 2 atom stereocenters. The van der Waals surface area contributed by atoms with Crippen LogP contribution in [0.3, 0.4) is 0 Å². The number of likely N-dealkylation sites (tertiary alicyclic amines) is 1. The molecule has 142 valence electrons. The predicted octanol–water partition coefficient (Wildman–Crippen LogP) is 5.29. The second-order valence-electron chi connectivity index (χ2n) is 7.34. The largest absolute Gasteiger partial charge is 0.419 e. The summed E-state index contributed by atoms with van der Waals surface area (Å²) < 4.78 is 7.27. The molecule has 5 rings (SSSR count). The molecule has 5 nitrogen and oxygen atoms in total. The number of rotatable bonds is 4. The summed E-state index contributed by atoms with van der Waals surface area (Å²) in [5, 5.41) is 9.83. The van der Waals surface area contributed by atoms with Gasteiger partial charge in [0.15, 0.2) is 0 Å². The fourth-order valence-electron chi connectivity index (χ4n) is 3.88. The van der Waals surface area contributed by atoms with Crippen LogP contribution in [0.5, 0.6) is 0 Å². The lowest BCUT2D eigenvalue weighted by Crippen LogP contribution is -2.36. The SMILES string of the molecule is CC(c1nnc(-c2ccccc2)o1)N1CCCC(c2nc3ccccc3s2)C1. The Morgan fingerprint density at radius 2 is 1.89 bits per heavy atom. The highest BCUT2D eigenvalue weighted by atomic mass is 32.1. The van der Waals surface area contributed by atoms with Crippen LogP contribution in [0.25, 0.3) is 21.7 Å². The van der Waals surface area contributed by atoms with Crippen molar-refractivity contribution < 1.29 is 4.42 Å². The first-order valence-electron chi connectivity index (χ1n) is 9.76. The van der Waals surface area contributed by atoms with Crippen molar-refractivity contribution >= 4 is 21.6 Å². The van der Waals surface area contributed by atoms with Gasteiger partial charge < -0.3 is 4.42 Å². The van der Waals surface area contributed by atoms with Crippen molar-refractivity contribution in [3.05, 3.63) is 65.5 Å². The molecule has 0 spiro atoms. The van der Waals surface area contributed by atoms with Crippen molar-refractivity contribution in [2.24, 2.45) is 0 Å². The third-order valence-electron chi connectivity index (χ3n) is 5.48. The van der Waals surface area contributed by atoms with E-state index in [0.717, 1.165) is 30.6 Å². The van der Waals surface area contributed by atoms with Crippen molar-refractivity contribution in [1.29, 1.82) is 0 Å². The second kappa shape index (κ2) is 7.45. The van der Waals surface area contributed by atoms with Gasteiger partial charge in [-0.2, -0.15) is 0 Å². The number of aromatic nitrogens is 3. The Balaban J connectivity index is 1.34. The molecule has 1 fully saturated rings. The lowest BCUT2D eigenvalue weighted by molar-refractivity contribution is 0.139. The molecule has 4 aromatic rings. The molecule has 2 aromatic carbocycles. The summed E-state index contributed by atoms with van der Waals surface area (Å²) in [6.45, 7) is 4.18. The summed E-state index contributed by atoms with van der Waals surface area (Å²) in [6, 6.07) is 18.4. The van der Waals surface area contributed by atoms with Gasteiger partial charge in [0.2, 0.25) is 11.8 Å². The first-order valence-corrected chi connectivity index (χ1v) is 10.6. The monoisotopic (exact) mass is 390 g/mol. The molecular formula is C22H22N4OS. The maximum Gasteiger partial charge on any atom is 0.247 e. The summed E-state index contributed by atoms with van der Waals surface area (Å²) in [6.07, 6.45) is 2.34. The molecule has 0 bridgehead atoms. The smallest absolute Gasteiger partial charge is 0.247 e. The maximum atomic E-state index is 6.00. The standard InChI is InChI=1S/C22H22N4OS/c1-15(20-24-25-21(27-20)16-8-3-2-4-9-16)26-13-7-10-17(14-26)22-23-18-11-5-6-12-19(18)28-22/h2-6,8-9,11-12,15,17H,7,10,13-14H2,1H3. The lowest BCUT2D eigenvalue weighted by atomic mass is 9.97. The van der Waals surface area contributed by atoms with Crippen molar-refractivity contribution in [2.45, 2.75) is 31.7 Å². The lowest BCUT2D eigenvalue weighted by Gasteiger charge is -2.34. The minimum absolute atomic E-state index is 0.0992. The molecule has 0 radical (unpaired) electrons. The molecule has 0 amide bonds. The van der Waals surface area contributed by atoms with Gasteiger partial charge in [-0.15, -0.1) is 21.5 Å². The van der Waals surface area contributed by atoms with Crippen LogP contribution in [0.2, 0.25) is 0 Å². The van der Waals surface area contributed by atoms with E-state index >= 15 is 0 Å². The highest BCUT2D eigenvalue weighted by Gasteiger charge is 2.29. The molecule has 0 aliphatic carbocycles. The van der Waals surface area contributed by atoms with E-state index in [9.17, 15) is 0 Å². The second-order valence-corrected chi connectivity index (χ2v) is 8.40. The molecule has 0 N–H and O–H groups in total. The number of hydrogen-bond donors (Lipinski definition) is 0. The van der Waals surface area contributed by atoms with E-state index in [1.807, 2.05) is 41.7 Å². The number of benzene rings is 2. The fraction of sp³-hybridized carbons (Fsp3) is 0.318. The van der Waals surface area contributed by atoms with Crippen LogP contribution in [-0.4, -0.2) is 33.2 Å². The van der Waals surface area contributed by atoms with Crippen LogP contribution in [0, 0.1) is 0 Å². The number of thiazole rings is 1. The number of piperidine rings is 1. The van der Waals surface area contributed by atoms with Crippen molar-refractivity contribution in [2.75, 3.05) is 13.1 Å². The van der Waals surface area contributed by atoms with Crippen LogP contribution in [0.15, 0.2) is 59.0 Å². The van der Waals surface area contributed by atoms with Crippen molar-refractivity contribution in [3.63, 3.8) is 0 Å². The average molecular weight is 391 g/mol. The van der Waals surface area contributed by atoms with Gasteiger partial charge >= 0.3 is 0 Å². The minimum atomic E-state index is 0.0992. The first kappa shape index (κ1) is 17.5. The molecule has 0 saturated carbocycles. The van der Waals surface area contributed by atoms with Gasteiger partial charge in [-0.3, -0.25) is 4.90 Å². The molecule has 1 aliphatic heterocycles. The zero-order valence-corrected chi connectivity index (χ0v) is 16.6. The van der Waals surface area contributed by atoms with Crippen LogP contribution < -0.4 is 0 Å². The normalized spacial score (nSPS) is 19.1. The van der Waals surface area contributed by atoms with Crippen LogP contribution in [0.1, 0.15) is 42.6 Å². The van der Waals surface area contributed by atoms with E-state index in [0.29, 0.717) is 17.7 Å². The first-order chi connectivity index (χ1) is 13.8. The molecule has 6 heteroatoms. The van der Waals surface area contributed by atoms with Gasteiger partial charge in [-0.05, 0) is 50.6 Å². The zero-order valence-electron chi connectivity index (χ0n) is 15.8. The van der Waals surface area contributed by atoms with E-state index < -0.39 is 0 Å². The van der Waals surface area contributed by atoms with E-state index in [-0.39, 0.29) is 6.04 Å². The number of hydrogen-bond acceptors (Lipinski definition) is 6. The van der Waals surface area contributed by atoms with E-state index in [1.54, 1.807) is 0 Å². The van der Waals surface area contributed by atoms with Crippen molar-refractivity contribution in [1.82, 2.24) is 20.1 Å². The van der Waals surface area contributed by atoms with Gasteiger partial charge in [0.05, 0.1) is 21.3 Å². The number of nitrogens with zero attached hydrogens (tertiary/aromatic N) is 4. The van der Waals surface area contributed by atoms with Crippen molar-refractivity contribution in [3.8, 4) is 11.5 Å². The third-order valence-corrected chi connectivity index (χ3v) is 6.68. The molecule has 1 saturated heterocycles. The topological polar surface area (TPSA) is 55.1 Å². The maximum absolute atomic E-state index is 6.00. The highest BCUT2D eigenvalue weighted by molar-refractivity contribution is 7.18.